The van der Waals surface area contributed by atoms with Crippen LogP contribution in [0.4, 0.5) is 14.4 Å². The Kier molecular flexibility index (Phi) is 21.7. The molecule has 446 valence electrons. The van der Waals surface area contributed by atoms with Gasteiger partial charge in [-0.25, -0.2) is 14.4 Å². The van der Waals surface area contributed by atoms with Gasteiger partial charge in [0.1, 0.15) is 42.0 Å². The Labute approximate surface area is 473 Å². The van der Waals surface area contributed by atoms with Gasteiger partial charge in [0, 0.05) is 39.8 Å². The van der Waals surface area contributed by atoms with Crippen molar-refractivity contribution in [3.8, 4) is 0 Å². The minimum absolute atomic E-state index is 0.0382. The lowest BCUT2D eigenvalue weighted by atomic mass is 9.83. The molecule has 0 unspecified atom stereocenters. The average Bonchev–Trinajstić information content (AvgIpc) is 4.45. The molecule has 3 saturated carbocycles. The average molecular weight is 1120 g/mol. The summed E-state index contributed by atoms with van der Waals surface area (Å²) in [6, 6.07) is 4.90. The minimum Gasteiger partial charge on any atom is -0.469 e. The predicted octanol–water partition coefficient (Wildman–Crippen LogP) is 6.83. The van der Waals surface area contributed by atoms with Gasteiger partial charge in [-0.2, -0.15) is 0 Å². The van der Waals surface area contributed by atoms with Crippen LogP contribution in [0.5, 0.6) is 0 Å². The van der Waals surface area contributed by atoms with Crippen LogP contribution < -0.4 is 10.6 Å². The number of hydrogen-bond donors (Lipinski definition) is 2. The molecule has 1 aromatic rings. The van der Waals surface area contributed by atoms with Crippen LogP contribution in [-0.2, 0) is 59.1 Å². The minimum atomic E-state index is -0.894. The lowest BCUT2D eigenvalue weighted by Crippen LogP contribution is -2.58. The van der Waals surface area contributed by atoms with E-state index in [1.807, 2.05) is 35.2 Å². The third-order valence-electron chi connectivity index (χ3n) is 17.1. The number of esters is 2. The van der Waals surface area contributed by atoms with E-state index in [-0.39, 0.29) is 60.6 Å². The molecule has 3 aliphatic heterocycles. The number of methoxy groups -OCH3 is 2. The Balaban J connectivity index is 0.000000266. The largest absolute Gasteiger partial charge is 0.469 e. The van der Waals surface area contributed by atoms with Gasteiger partial charge in [0.15, 0.2) is 0 Å². The molecule has 6 aliphatic rings. The summed E-state index contributed by atoms with van der Waals surface area (Å²) in [4.78, 5) is 126. The van der Waals surface area contributed by atoms with Crippen LogP contribution in [0.25, 0.3) is 0 Å². The summed E-state index contributed by atoms with van der Waals surface area (Å²) < 4.78 is 26.6. The third kappa shape index (κ3) is 15.6. The van der Waals surface area contributed by atoms with Crippen LogP contribution in [0.3, 0.4) is 0 Å². The Morgan fingerprint density at radius 3 is 1.49 bits per heavy atom. The van der Waals surface area contributed by atoms with Crippen LogP contribution in [0.1, 0.15) is 151 Å². The van der Waals surface area contributed by atoms with Crippen LogP contribution in [-0.4, -0.2) is 180 Å². The van der Waals surface area contributed by atoms with Crippen molar-refractivity contribution in [1.82, 2.24) is 35.1 Å². The van der Waals surface area contributed by atoms with E-state index in [9.17, 15) is 43.2 Å². The second-order valence-corrected chi connectivity index (χ2v) is 24.8. The summed E-state index contributed by atoms with van der Waals surface area (Å²) >= 11 is 0. The zero-order valence-corrected chi connectivity index (χ0v) is 49.5. The van der Waals surface area contributed by atoms with E-state index >= 15 is 0 Å². The number of rotatable bonds is 14. The lowest BCUT2D eigenvalue weighted by Gasteiger charge is -2.37. The van der Waals surface area contributed by atoms with E-state index in [2.05, 4.69) is 10.6 Å². The Morgan fingerprint density at radius 2 is 1.02 bits per heavy atom. The Bertz CT molecular complexity index is 2350. The third-order valence-corrected chi connectivity index (χ3v) is 17.1. The number of amides is 7. The first kappa shape index (κ1) is 63.0. The zero-order chi connectivity index (χ0) is 58.8. The number of benzene rings is 1. The summed E-state index contributed by atoms with van der Waals surface area (Å²) in [6.45, 7) is 14.9. The fraction of sp³-hybridized carbons (Fsp3) is 0.746. The molecule has 7 rings (SSSR count). The molecule has 21 nitrogen and oxygen atoms in total. The van der Waals surface area contributed by atoms with Crippen LogP contribution in [0.2, 0.25) is 0 Å². The summed E-state index contributed by atoms with van der Waals surface area (Å²) in [5.41, 5.74) is -0.563. The predicted molar refractivity (Wildman–Crippen MR) is 295 cm³/mol. The van der Waals surface area contributed by atoms with E-state index in [4.69, 9.17) is 23.7 Å². The molecule has 3 aliphatic carbocycles. The number of ether oxygens (including phenoxy) is 5. The standard InChI is InChI=1S/C33H48N4O8.C26H43N3O6/c1-21(35(5)31(41)45-33(2,3)4)28(38)34-26(23-15-11-8-12-16-23)29(39)36-18-17-25-27(36)24(30(40)43-6)19-37(25)32(42)44-20-22-13-9-7-10-14-22;1-16(28(5)25(33)35-26(2,3)4)22(30)27-20(17-10-8-7-9-11-17)23(31)29-15-14-18-12-13-19(21(18)29)24(32)34-6/h7,9-10,13-14,21,23-27H,8,11-12,15-20H2,1-6H3,(H,34,38);16-21H,7-15H2,1-6H3,(H,27,30)/t21-,24-,25+,26-,27+;16-,18+,19-,20-,21-/m00/s1. The highest BCUT2D eigenvalue weighted by Gasteiger charge is 2.57. The molecular weight excluding hydrogens is 1030 g/mol. The molecule has 7 amide bonds. The first-order valence-electron chi connectivity index (χ1n) is 29.0. The number of likely N-dealkylation sites (tertiary alicyclic amines) is 3. The van der Waals surface area contributed by atoms with Gasteiger partial charge in [-0.05, 0) is 130 Å². The fourth-order valence-electron chi connectivity index (χ4n) is 12.6. The van der Waals surface area contributed by atoms with E-state index in [0.717, 1.165) is 89.0 Å². The maximum absolute atomic E-state index is 14.4. The molecule has 6 fully saturated rings. The topological polar surface area (TPSA) is 240 Å². The number of carbonyl (C=O) groups is 9. The van der Waals surface area contributed by atoms with E-state index in [1.54, 1.807) is 60.3 Å². The van der Waals surface area contributed by atoms with Crippen molar-refractivity contribution in [3.05, 3.63) is 35.9 Å². The first-order valence-corrected chi connectivity index (χ1v) is 29.0. The van der Waals surface area contributed by atoms with Gasteiger partial charge in [0.25, 0.3) is 0 Å². The normalized spacial score (nSPS) is 24.5. The van der Waals surface area contributed by atoms with E-state index in [1.165, 1.54) is 43.0 Å². The lowest BCUT2D eigenvalue weighted by molar-refractivity contribution is -0.150. The van der Waals surface area contributed by atoms with Crippen molar-refractivity contribution < 1.29 is 66.8 Å². The molecule has 0 aromatic heterocycles. The van der Waals surface area contributed by atoms with Gasteiger partial charge in [-0.15, -0.1) is 0 Å². The van der Waals surface area contributed by atoms with E-state index in [0.29, 0.717) is 25.4 Å². The van der Waals surface area contributed by atoms with Crippen molar-refractivity contribution in [1.29, 1.82) is 0 Å². The van der Waals surface area contributed by atoms with Crippen molar-refractivity contribution in [2.45, 2.75) is 205 Å². The summed E-state index contributed by atoms with van der Waals surface area (Å²) in [7, 11) is 5.71. The molecule has 3 heterocycles. The second-order valence-electron chi connectivity index (χ2n) is 24.8. The molecule has 0 radical (unpaired) electrons. The SMILES string of the molecule is COC(=O)[C@H]1CC[C@@H]2CCN(C(=O)[C@@H](NC(=O)[C@H](C)N(C)C(=O)OC(C)(C)C)C3CCCCC3)[C@@H]21.COC(=O)[C@H]1CN(C(=O)OCc2ccccc2)[C@@H]2CCN(C(=O)[C@@H](NC(=O)[C@H](C)N(C)C(=O)OC(C)(C)C)C3CCCCC3)[C@H]12. The van der Waals surface area contributed by atoms with Gasteiger partial charge in [0.2, 0.25) is 23.6 Å². The summed E-state index contributed by atoms with van der Waals surface area (Å²) in [5.74, 6) is -2.84. The van der Waals surface area contributed by atoms with Gasteiger partial charge in [0.05, 0.1) is 38.1 Å². The molecular formula is C59H91N7O14. The summed E-state index contributed by atoms with van der Waals surface area (Å²) in [6.07, 6.45) is 10.6. The smallest absolute Gasteiger partial charge is 0.410 e. The van der Waals surface area contributed by atoms with E-state index < -0.39 is 83.5 Å². The van der Waals surface area contributed by atoms with Crippen LogP contribution >= 0.6 is 0 Å². The second kappa shape index (κ2) is 27.5. The molecule has 0 bridgehead atoms. The quantitative estimate of drug-likeness (QED) is 0.144. The molecule has 2 N–H and O–H groups in total. The first-order chi connectivity index (χ1) is 37.8. The molecule has 1 aromatic carbocycles. The number of hydrogen-bond acceptors (Lipinski definition) is 14. The number of fused-ring (bicyclic) bond motifs is 2. The van der Waals surface area contributed by atoms with Gasteiger partial charge in [-0.3, -0.25) is 38.6 Å². The maximum atomic E-state index is 14.4. The Morgan fingerprint density at radius 1 is 0.575 bits per heavy atom. The fourth-order valence-corrected chi connectivity index (χ4v) is 12.6. The van der Waals surface area contributed by atoms with Gasteiger partial charge < -0.3 is 49.0 Å². The number of carbonyl (C=O) groups excluding carboxylic acids is 9. The monoisotopic (exact) mass is 1120 g/mol. The summed E-state index contributed by atoms with van der Waals surface area (Å²) in [5, 5.41) is 5.98. The van der Waals surface area contributed by atoms with Crippen molar-refractivity contribution in [2.75, 3.05) is 47.9 Å². The molecule has 80 heavy (non-hydrogen) atoms. The highest BCUT2D eigenvalue weighted by molar-refractivity contribution is 5.93. The van der Waals surface area contributed by atoms with Crippen molar-refractivity contribution in [3.63, 3.8) is 0 Å². The number of nitrogens with one attached hydrogen (secondary N) is 2. The molecule has 3 saturated heterocycles. The Hall–Kier alpha value is -6.15. The molecule has 10 atom stereocenters. The van der Waals surface area contributed by atoms with Gasteiger partial charge >= 0.3 is 30.2 Å². The van der Waals surface area contributed by atoms with Crippen LogP contribution in [0, 0.1) is 29.6 Å². The van der Waals surface area contributed by atoms with Gasteiger partial charge in [-0.1, -0.05) is 68.9 Å². The number of likely N-dealkylation sites (N-methyl/N-ethyl adjacent to an activating group) is 2. The molecule has 21 heteroatoms. The maximum Gasteiger partial charge on any atom is 0.410 e. The van der Waals surface area contributed by atoms with Crippen molar-refractivity contribution >= 4 is 53.8 Å². The van der Waals surface area contributed by atoms with Crippen LogP contribution in [0.15, 0.2) is 30.3 Å². The highest BCUT2D eigenvalue weighted by atomic mass is 16.6. The van der Waals surface area contributed by atoms with Crippen molar-refractivity contribution in [2.24, 2.45) is 29.6 Å². The highest BCUT2D eigenvalue weighted by Crippen LogP contribution is 2.44. The molecule has 0 spiro atoms. The number of nitrogens with zero attached hydrogens (tertiary/aromatic N) is 5. The zero-order valence-electron chi connectivity index (χ0n) is 49.5.